The lowest BCUT2D eigenvalue weighted by Crippen LogP contribution is -2.45. The van der Waals surface area contributed by atoms with Crippen LogP contribution in [0.2, 0.25) is 0 Å². The number of terminal acetylenes is 1. The number of amides is 1. The minimum absolute atomic E-state index is 0.0892. The van der Waals surface area contributed by atoms with Crippen molar-refractivity contribution in [2.75, 3.05) is 0 Å². The molecule has 0 fully saturated rings. The van der Waals surface area contributed by atoms with E-state index >= 15 is 0 Å². The number of tetrazole rings is 1. The zero-order chi connectivity index (χ0) is 21.6. The molecule has 0 radical (unpaired) electrons. The van der Waals surface area contributed by atoms with E-state index in [1.807, 2.05) is 6.92 Å². The van der Waals surface area contributed by atoms with Gasteiger partial charge in [-0.2, -0.15) is 4.80 Å². The lowest BCUT2D eigenvalue weighted by Gasteiger charge is -2.22. The van der Waals surface area contributed by atoms with Crippen molar-refractivity contribution >= 4 is 5.91 Å². The second-order valence-corrected chi connectivity index (χ2v) is 6.93. The van der Waals surface area contributed by atoms with E-state index in [0.717, 1.165) is 0 Å². The molecule has 0 saturated carbocycles. The average Bonchev–Trinajstić information content (AvgIpc) is 3.21. The second kappa shape index (κ2) is 9.18. The highest BCUT2D eigenvalue weighted by molar-refractivity contribution is 5.77. The summed E-state index contributed by atoms with van der Waals surface area (Å²) in [5, 5.41) is 14.9. The fourth-order valence-corrected chi connectivity index (χ4v) is 2.60. The van der Waals surface area contributed by atoms with E-state index in [1.54, 1.807) is 49.4 Å². The van der Waals surface area contributed by atoms with Gasteiger partial charge in [-0.05, 0) is 48.9 Å². The van der Waals surface area contributed by atoms with E-state index in [0.29, 0.717) is 29.1 Å². The second-order valence-electron chi connectivity index (χ2n) is 6.93. The van der Waals surface area contributed by atoms with Crippen LogP contribution in [0.15, 0.2) is 48.5 Å². The Kier molecular flexibility index (Phi) is 6.42. The molecule has 7 nitrogen and oxygen atoms in total. The lowest BCUT2D eigenvalue weighted by atomic mass is 10.0. The van der Waals surface area contributed by atoms with E-state index in [2.05, 4.69) is 26.6 Å². The molecule has 0 spiro atoms. The third-order valence-electron chi connectivity index (χ3n) is 4.64. The third kappa shape index (κ3) is 5.20. The Morgan fingerprint density at radius 2 is 2.00 bits per heavy atom. The summed E-state index contributed by atoms with van der Waals surface area (Å²) in [6.07, 6.45) is 6.08. The van der Waals surface area contributed by atoms with Crippen LogP contribution in [0.1, 0.15) is 25.8 Å². The van der Waals surface area contributed by atoms with Crippen molar-refractivity contribution in [1.82, 2.24) is 25.5 Å². The number of nitrogens with zero attached hydrogens (tertiary/aromatic N) is 4. The third-order valence-corrected chi connectivity index (χ3v) is 4.64. The largest absolute Gasteiger partial charge is 0.489 e. The highest BCUT2D eigenvalue weighted by Crippen LogP contribution is 2.20. The molecule has 0 aliphatic heterocycles. The van der Waals surface area contributed by atoms with Crippen LogP contribution in [-0.4, -0.2) is 31.7 Å². The molecule has 154 valence electrons. The van der Waals surface area contributed by atoms with Crippen LogP contribution >= 0.6 is 0 Å². The number of halogens is 1. The molecule has 3 rings (SSSR count). The highest BCUT2D eigenvalue weighted by atomic mass is 19.1. The van der Waals surface area contributed by atoms with Gasteiger partial charge in [0.25, 0.3) is 0 Å². The number of carbonyl (C=O) groups excluding carboxylic acids is 1. The summed E-state index contributed by atoms with van der Waals surface area (Å²) in [6.45, 7) is 3.72. The number of benzene rings is 2. The summed E-state index contributed by atoms with van der Waals surface area (Å²) in [7, 11) is 0. The van der Waals surface area contributed by atoms with Crippen molar-refractivity contribution < 1.29 is 13.9 Å². The Balaban J connectivity index is 1.60. The summed E-state index contributed by atoms with van der Waals surface area (Å²) in [6, 6.07) is 13.5. The molecule has 1 amide bonds. The Hall–Kier alpha value is -3.73. The predicted molar refractivity (Wildman–Crippen MR) is 110 cm³/mol. The summed E-state index contributed by atoms with van der Waals surface area (Å²) in [5.41, 5.74) is 0.481. The Morgan fingerprint density at radius 1 is 1.27 bits per heavy atom. The van der Waals surface area contributed by atoms with Gasteiger partial charge in [0.05, 0.1) is 5.54 Å². The van der Waals surface area contributed by atoms with Crippen LogP contribution in [0.5, 0.6) is 5.75 Å². The first-order valence-electron chi connectivity index (χ1n) is 9.45. The van der Waals surface area contributed by atoms with E-state index in [9.17, 15) is 9.18 Å². The normalized spacial score (nSPS) is 12.6. The summed E-state index contributed by atoms with van der Waals surface area (Å²) >= 11 is 0. The molecule has 0 aliphatic carbocycles. The number of ether oxygens (including phenoxy) is 1. The first-order valence-corrected chi connectivity index (χ1v) is 9.45. The Labute approximate surface area is 174 Å². The molecule has 3 aromatic rings. The van der Waals surface area contributed by atoms with Gasteiger partial charge < -0.3 is 10.1 Å². The van der Waals surface area contributed by atoms with Gasteiger partial charge in [-0.1, -0.05) is 31.0 Å². The molecule has 30 heavy (non-hydrogen) atoms. The van der Waals surface area contributed by atoms with Crippen molar-refractivity contribution in [3.05, 3.63) is 59.9 Å². The monoisotopic (exact) mass is 407 g/mol. The fraction of sp³-hybridized carbons (Fsp3) is 0.273. The summed E-state index contributed by atoms with van der Waals surface area (Å²) < 4.78 is 19.3. The van der Waals surface area contributed by atoms with E-state index < -0.39 is 5.54 Å². The van der Waals surface area contributed by atoms with Gasteiger partial charge in [0, 0.05) is 11.1 Å². The molecule has 1 atom stereocenters. The molecule has 1 aromatic heterocycles. The Morgan fingerprint density at radius 3 is 2.67 bits per heavy atom. The van der Waals surface area contributed by atoms with Crippen molar-refractivity contribution in [2.24, 2.45) is 0 Å². The van der Waals surface area contributed by atoms with Crippen LogP contribution in [0.3, 0.4) is 0 Å². The average molecular weight is 407 g/mol. The number of nitrogens with one attached hydrogen (secondary N) is 1. The van der Waals surface area contributed by atoms with Gasteiger partial charge in [-0.25, -0.2) is 4.39 Å². The molecule has 1 heterocycles. The lowest BCUT2D eigenvalue weighted by molar-refractivity contribution is -0.123. The first kappa shape index (κ1) is 21.0. The summed E-state index contributed by atoms with van der Waals surface area (Å²) in [5.74, 6) is 2.93. The van der Waals surface area contributed by atoms with Crippen molar-refractivity contribution in [3.8, 4) is 29.5 Å². The van der Waals surface area contributed by atoms with Gasteiger partial charge in [0.1, 0.15) is 24.7 Å². The minimum atomic E-state index is -0.709. The molecular formula is C22H22FN5O2. The Bertz CT molecular complexity index is 1060. The number of aromatic nitrogens is 4. The molecule has 1 N–H and O–H groups in total. The topological polar surface area (TPSA) is 81.9 Å². The molecule has 8 heteroatoms. The maximum absolute atomic E-state index is 13.7. The molecule has 0 aliphatic rings. The molecule has 0 bridgehead atoms. The van der Waals surface area contributed by atoms with E-state index in [4.69, 9.17) is 11.2 Å². The van der Waals surface area contributed by atoms with Gasteiger partial charge in [-0.3, -0.25) is 4.79 Å². The molecular weight excluding hydrogens is 385 g/mol. The quantitative estimate of drug-likeness (QED) is 0.581. The van der Waals surface area contributed by atoms with Crippen LogP contribution < -0.4 is 10.1 Å². The number of hydrogen-bond acceptors (Lipinski definition) is 5. The van der Waals surface area contributed by atoms with Gasteiger partial charge >= 0.3 is 0 Å². The number of hydrogen-bond donors (Lipinski definition) is 1. The van der Waals surface area contributed by atoms with Gasteiger partial charge in [-0.15, -0.1) is 16.6 Å². The zero-order valence-electron chi connectivity index (χ0n) is 16.8. The smallest absolute Gasteiger partial charge is 0.244 e. The van der Waals surface area contributed by atoms with E-state index in [-0.39, 0.29) is 24.9 Å². The first-order chi connectivity index (χ1) is 14.4. The zero-order valence-corrected chi connectivity index (χ0v) is 16.8. The number of carbonyl (C=O) groups is 1. The van der Waals surface area contributed by atoms with Gasteiger partial charge in [0.2, 0.25) is 11.7 Å². The molecule has 0 unspecified atom stereocenters. The number of rotatable bonds is 8. The maximum atomic E-state index is 13.7. The van der Waals surface area contributed by atoms with Crippen molar-refractivity contribution in [1.29, 1.82) is 0 Å². The maximum Gasteiger partial charge on any atom is 0.244 e. The predicted octanol–water partition coefficient (Wildman–Crippen LogP) is 2.98. The van der Waals surface area contributed by atoms with Crippen molar-refractivity contribution in [3.63, 3.8) is 0 Å². The highest BCUT2D eigenvalue weighted by Gasteiger charge is 2.21. The summed E-state index contributed by atoms with van der Waals surface area (Å²) in [4.78, 5) is 13.4. The fourth-order valence-electron chi connectivity index (χ4n) is 2.60. The standard InChI is InChI=1S/C22H22FN5O2/c1-4-22(3,5-2)24-20(29)14-28-26-21(25-27-28)16-10-12-18(13-11-16)30-15-17-8-6-7-9-19(17)23/h1,6-13H,5,14-15H2,2-3H3,(H,24,29)/t22-/m0/s1. The van der Waals surface area contributed by atoms with Crippen LogP contribution in [-0.2, 0) is 17.9 Å². The minimum Gasteiger partial charge on any atom is -0.489 e. The van der Waals surface area contributed by atoms with E-state index in [1.165, 1.54) is 10.9 Å². The van der Waals surface area contributed by atoms with Crippen LogP contribution in [0.25, 0.3) is 11.4 Å². The van der Waals surface area contributed by atoms with Crippen molar-refractivity contribution in [2.45, 2.75) is 39.0 Å². The SMILES string of the molecule is C#C[C@@](C)(CC)NC(=O)Cn1nnc(-c2ccc(OCc3ccccc3F)cc2)n1. The van der Waals surface area contributed by atoms with Gasteiger partial charge in [0.15, 0.2) is 0 Å². The van der Waals surface area contributed by atoms with Crippen LogP contribution in [0, 0.1) is 18.2 Å². The molecule has 0 saturated heterocycles. The van der Waals surface area contributed by atoms with Crippen LogP contribution in [0.4, 0.5) is 4.39 Å². The molecule has 2 aromatic carbocycles.